The highest BCUT2D eigenvalue weighted by atomic mass is 35.5. The van der Waals surface area contributed by atoms with Crippen LogP contribution in [0, 0.1) is 23.0 Å². The van der Waals surface area contributed by atoms with Gasteiger partial charge >= 0.3 is 6.01 Å². The third-order valence-electron chi connectivity index (χ3n) is 9.48. The number of nitrogens with two attached hydrogens (primary N) is 1. The number of fused-ring (bicyclic) bond motifs is 3. The quantitative estimate of drug-likeness (QED) is 0.155. The zero-order valence-electron chi connectivity index (χ0n) is 27.0. The summed E-state index contributed by atoms with van der Waals surface area (Å²) in [6.07, 6.45) is 4.83. The van der Waals surface area contributed by atoms with Crippen LogP contribution in [-0.4, -0.2) is 70.8 Å². The number of pyridine rings is 1. The number of hydrogen-bond donors (Lipinski definition) is 2. The molecule has 10 nitrogen and oxygen atoms in total. The lowest BCUT2D eigenvalue weighted by molar-refractivity contribution is -0.116. The molecule has 0 unspecified atom stereocenters. The number of nitrogen functional groups attached to an aromatic ring is 1. The number of alkyl halides is 1. The number of nitriles is 1. The molecule has 50 heavy (non-hydrogen) atoms. The normalized spacial score (nSPS) is 18.8. The van der Waals surface area contributed by atoms with Crippen LogP contribution in [0.3, 0.4) is 0 Å². The lowest BCUT2D eigenvalue weighted by atomic mass is 9.95. The highest BCUT2D eigenvalue weighted by molar-refractivity contribution is 7.23. The van der Waals surface area contributed by atoms with Crippen LogP contribution in [0.15, 0.2) is 42.7 Å². The van der Waals surface area contributed by atoms with Crippen molar-refractivity contribution in [2.24, 2.45) is 0 Å². The minimum Gasteiger partial charge on any atom is -0.461 e. The molecular formula is C35H32ClF3N8O2S. The molecule has 2 aliphatic heterocycles. The summed E-state index contributed by atoms with van der Waals surface area (Å²) in [4.78, 5) is 29.6. The van der Waals surface area contributed by atoms with Crippen molar-refractivity contribution in [3.63, 3.8) is 0 Å². The molecule has 7 rings (SSSR count). The van der Waals surface area contributed by atoms with Gasteiger partial charge in [0.2, 0.25) is 5.91 Å². The summed E-state index contributed by atoms with van der Waals surface area (Å²) < 4.78 is 52.6. The molecule has 0 spiro atoms. The molecule has 0 bridgehead atoms. The summed E-state index contributed by atoms with van der Waals surface area (Å²) >= 11 is 7.70. The number of nitrogens with zero attached hydrogens (tertiary/aromatic N) is 6. The second-order valence-electron chi connectivity index (χ2n) is 12.7. The zero-order chi connectivity index (χ0) is 35.2. The first-order valence-corrected chi connectivity index (χ1v) is 17.3. The van der Waals surface area contributed by atoms with Crippen LogP contribution in [0.2, 0.25) is 5.02 Å². The Kier molecular flexibility index (Phi) is 9.15. The maximum absolute atomic E-state index is 16.9. The number of amides is 1. The van der Waals surface area contributed by atoms with E-state index in [2.05, 4.69) is 25.2 Å². The number of hydrogen-bond acceptors (Lipinski definition) is 10. The first-order chi connectivity index (χ1) is 24.1. The van der Waals surface area contributed by atoms with Gasteiger partial charge in [-0.05, 0) is 55.6 Å². The van der Waals surface area contributed by atoms with Crippen LogP contribution in [-0.2, 0) is 4.79 Å². The molecule has 0 radical (unpaired) electrons. The Balaban J connectivity index is 1.27. The van der Waals surface area contributed by atoms with Gasteiger partial charge in [0.1, 0.15) is 41.0 Å². The maximum Gasteiger partial charge on any atom is 0.319 e. The smallest absolute Gasteiger partial charge is 0.319 e. The summed E-state index contributed by atoms with van der Waals surface area (Å²) in [5.41, 5.74) is 6.16. The summed E-state index contributed by atoms with van der Waals surface area (Å²) in [6.45, 7) is 1.58. The Morgan fingerprint density at radius 1 is 1.32 bits per heavy atom. The van der Waals surface area contributed by atoms with E-state index in [0.717, 1.165) is 30.7 Å². The van der Waals surface area contributed by atoms with Crippen molar-refractivity contribution in [3.8, 4) is 23.2 Å². The predicted molar refractivity (Wildman–Crippen MR) is 188 cm³/mol. The fraction of sp³-hybridized carbons (Fsp3) is 0.343. The van der Waals surface area contributed by atoms with Crippen molar-refractivity contribution in [2.75, 3.05) is 49.2 Å². The van der Waals surface area contributed by atoms with E-state index in [1.807, 2.05) is 6.07 Å². The van der Waals surface area contributed by atoms with Crippen molar-refractivity contribution < 1.29 is 22.7 Å². The van der Waals surface area contributed by atoms with Gasteiger partial charge in [-0.25, -0.2) is 13.2 Å². The number of carbonyl (C=O) groups is 1. The van der Waals surface area contributed by atoms with E-state index in [4.69, 9.17) is 22.1 Å². The van der Waals surface area contributed by atoms with Crippen LogP contribution in [0.5, 0.6) is 6.01 Å². The SMILES string of the molecule is CN(CCCC(=O)Nc1cccnc1)c1nc(OC[C@@]23CCCN2C[C@H](F)C3)nc2c(F)c(-c3ccc(F)c4sc(N)c(C#N)c34)c(Cl)cc12. The molecule has 5 aromatic rings. The summed E-state index contributed by atoms with van der Waals surface area (Å²) in [7, 11) is 1.75. The fourth-order valence-electron chi connectivity index (χ4n) is 7.16. The third-order valence-corrected chi connectivity index (χ3v) is 10.8. The van der Waals surface area contributed by atoms with E-state index in [1.54, 1.807) is 36.5 Å². The molecular weight excluding hydrogens is 689 g/mol. The fourth-order valence-corrected chi connectivity index (χ4v) is 8.40. The summed E-state index contributed by atoms with van der Waals surface area (Å²) in [5.74, 6) is -1.31. The number of nitrogens with one attached hydrogen (secondary N) is 1. The van der Waals surface area contributed by atoms with Gasteiger partial charge in [0.05, 0.1) is 32.7 Å². The molecule has 3 N–H and O–H groups in total. The van der Waals surface area contributed by atoms with E-state index < -0.39 is 23.3 Å². The van der Waals surface area contributed by atoms with Gasteiger partial charge in [0, 0.05) is 55.5 Å². The van der Waals surface area contributed by atoms with E-state index in [-0.39, 0.29) is 72.6 Å². The lowest BCUT2D eigenvalue weighted by Crippen LogP contribution is -2.43. The van der Waals surface area contributed by atoms with Crippen LogP contribution in [0.25, 0.3) is 32.1 Å². The molecule has 2 fully saturated rings. The number of aromatic nitrogens is 3. The van der Waals surface area contributed by atoms with Crippen molar-refractivity contribution >= 4 is 66.3 Å². The summed E-state index contributed by atoms with van der Waals surface area (Å²) in [5, 5.41) is 13.2. The average molecular weight is 721 g/mol. The van der Waals surface area contributed by atoms with Crippen molar-refractivity contribution in [3.05, 3.63) is 64.9 Å². The monoisotopic (exact) mass is 720 g/mol. The number of ether oxygens (including phenoxy) is 1. The van der Waals surface area contributed by atoms with Gasteiger partial charge in [0.25, 0.3) is 0 Å². The van der Waals surface area contributed by atoms with Gasteiger partial charge < -0.3 is 20.7 Å². The predicted octanol–water partition coefficient (Wildman–Crippen LogP) is 7.10. The number of thiophene rings is 1. The lowest BCUT2D eigenvalue weighted by Gasteiger charge is -2.31. The van der Waals surface area contributed by atoms with Gasteiger partial charge in [-0.15, -0.1) is 11.3 Å². The van der Waals surface area contributed by atoms with E-state index in [9.17, 15) is 18.8 Å². The Morgan fingerprint density at radius 3 is 2.94 bits per heavy atom. The van der Waals surface area contributed by atoms with E-state index in [1.165, 1.54) is 18.2 Å². The second kappa shape index (κ2) is 13.5. The van der Waals surface area contributed by atoms with Gasteiger partial charge in [-0.3, -0.25) is 14.7 Å². The zero-order valence-corrected chi connectivity index (χ0v) is 28.6. The van der Waals surface area contributed by atoms with Crippen molar-refractivity contribution in [1.82, 2.24) is 19.9 Å². The Hall–Kier alpha value is -4.71. The second-order valence-corrected chi connectivity index (χ2v) is 14.2. The van der Waals surface area contributed by atoms with Crippen molar-refractivity contribution in [2.45, 2.75) is 43.8 Å². The molecule has 2 aliphatic rings. The highest BCUT2D eigenvalue weighted by Gasteiger charge is 2.49. The molecule has 0 saturated carbocycles. The van der Waals surface area contributed by atoms with Crippen LogP contribution in [0.4, 0.5) is 29.7 Å². The van der Waals surface area contributed by atoms with Crippen molar-refractivity contribution in [1.29, 1.82) is 5.26 Å². The molecule has 2 saturated heterocycles. The largest absolute Gasteiger partial charge is 0.461 e. The van der Waals surface area contributed by atoms with Crippen LogP contribution in [0.1, 0.15) is 37.7 Å². The van der Waals surface area contributed by atoms with Crippen LogP contribution < -0.4 is 20.7 Å². The Morgan fingerprint density at radius 2 is 2.16 bits per heavy atom. The number of benzene rings is 2. The first-order valence-electron chi connectivity index (χ1n) is 16.1. The molecule has 1 amide bonds. The number of halogens is 4. The highest BCUT2D eigenvalue weighted by Crippen LogP contribution is 2.46. The Labute approximate surface area is 294 Å². The average Bonchev–Trinajstić information content (AvgIpc) is 3.74. The molecule has 15 heteroatoms. The number of anilines is 3. The molecule has 0 aliphatic carbocycles. The molecule has 258 valence electrons. The molecule has 3 aromatic heterocycles. The van der Waals surface area contributed by atoms with E-state index in [0.29, 0.717) is 37.4 Å². The Bertz CT molecular complexity index is 2160. The molecule has 2 aromatic carbocycles. The third kappa shape index (κ3) is 6.14. The van der Waals surface area contributed by atoms with E-state index >= 15 is 4.39 Å². The molecule has 2 atom stereocenters. The number of carbonyl (C=O) groups excluding carboxylic acids is 1. The number of rotatable bonds is 10. The van der Waals surface area contributed by atoms with Crippen LogP contribution >= 0.6 is 22.9 Å². The molecule has 5 heterocycles. The topological polar surface area (TPSA) is 133 Å². The maximum atomic E-state index is 16.9. The minimum absolute atomic E-state index is 0.0141. The first kappa shape index (κ1) is 33.8. The van der Waals surface area contributed by atoms with Gasteiger partial charge in [-0.2, -0.15) is 15.2 Å². The summed E-state index contributed by atoms with van der Waals surface area (Å²) in [6, 6.07) is 9.44. The minimum atomic E-state index is -0.965. The van der Waals surface area contributed by atoms with Gasteiger partial charge in [0.15, 0.2) is 5.82 Å². The van der Waals surface area contributed by atoms with Gasteiger partial charge in [-0.1, -0.05) is 17.7 Å². The standard InChI is InChI=1S/C35H32ClF3N8O2S/c1-46(11-3-6-26(48)43-20-5-2-10-42-16-20)33-22-13-24(36)28(21-7-8-25(38)31-27(21)23(15-40)32(41)50-31)29(39)30(22)44-34(45-33)49-18-35-9-4-12-47(35)17-19(37)14-35/h2,5,7-8,10,13,16,19H,3-4,6,9,11-12,14,17-18,41H2,1H3,(H,43,48)/t19-,35+/m1/s1.